The number of rotatable bonds is 7. The fourth-order valence-electron chi connectivity index (χ4n) is 4.17. The molecule has 0 fully saturated rings. The second-order valence-electron chi connectivity index (χ2n) is 8.45. The number of hydrogen-bond acceptors (Lipinski definition) is 3. The SMILES string of the molecule is Cc1c(C)c2c(c(C)c1OCc1ccccc1)C(CN(C)CC[O])C(C)(C)O2. The standard InChI is InChI=1S/C24H32NO3/c1-16-17(2)23-21(20(24(4,5)28-23)14-25(6)12-13-26)18(3)22(16)27-15-19-10-8-7-9-11-19/h7-11,20H,12-15H2,1-6H3. The molecule has 1 aliphatic rings. The number of fused-ring (bicyclic) bond motifs is 1. The van der Waals surface area contributed by atoms with Crippen LogP contribution in [0.2, 0.25) is 0 Å². The molecule has 0 bridgehead atoms. The van der Waals surface area contributed by atoms with E-state index in [0.29, 0.717) is 13.2 Å². The quantitative estimate of drug-likeness (QED) is 0.690. The molecule has 0 saturated carbocycles. The average Bonchev–Trinajstić information content (AvgIpc) is 2.92. The molecule has 2 aromatic rings. The molecule has 28 heavy (non-hydrogen) atoms. The van der Waals surface area contributed by atoms with Crippen molar-refractivity contribution in [2.24, 2.45) is 0 Å². The fourth-order valence-corrected chi connectivity index (χ4v) is 4.17. The van der Waals surface area contributed by atoms with Gasteiger partial charge in [-0.25, -0.2) is 5.11 Å². The third-order valence-electron chi connectivity index (χ3n) is 5.98. The lowest BCUT2D eigenvalue weighted by atomic mass is 9.82. The zero-order chi connectivity index (χ0) is 20.5. The van der Waals surface area contributed by atoms with Crippen molar-refractivity contribution in [2.75, 3.05) is 26.7 Å². The molecule has 0 spiro atoms. The molecule has 4 heteroatoms. The monoisotopic (exact) mass is 382 g/mol. The van der Waals surface area contributed by atoms with Gasteiger partial charge in [-0.15, -0.1) is 0 Å². The smallest absolute Gasteiger partial charge is 0.127 e. The van der Waals surface area contributed by atoms with Crippen molar-refractivity contribution in [3.05, 3.63) is 58.1 Å². The normalized spacial score (nSPS) is 17.5. The van der Waals surface area contributed by atoms with Gasteiger partial charge in [0.15, 0.2) is 0 Å². The minimum Gasteiger partial charge on any atom is -0.488 e. The van der Waals surface area contributed by atoms with Crippen LogP contribution in [-0.2, 0) is 11.7 Å². The van der Waals surface area contributed by atoms with E-state index in [9.17, 15) is 5.11 Å². The van der Waals surface area contributed by atoms with Crippen molar-refractivity contribution >= 4 is 0 Å². The molecule has 1 unspecified atom stereocenters. The van der Waals surface area contributed by atoms with E-state index in [1.165, 1.54) is 5.56 Å². The maximum Gasteiger partial charge on any atom is 0.127 e. The molecule has 0 aromatic heterocycles. The largest absolute Gasteiger partial charge is 0.488 e. The van der Waals surface area contributed by atoms with Gasteiger partial charge in [0.25, 0.3) is 0 Å². The summed E-state index contributed by atoms with van der Waals surface area (Å²) >= 11 is 0. The highest BCUT2D eigenvalue weighted by Gasteiger charge is 2.44. The fraction of sp³-hybridized carbons (Fsp3) is 0.500. The minimum atomic E-state index is -0.320. The molecule has 151 valence electrons. The summed E-state index contributed by atoms with van der Waals surface area (Å²) in [4.78, 5) is 2.11. The lowest BCUT2D eigenvalue weighted by Crippen LogP contribution is -2.38. The summed E-state index contributed by atoms with van der Waals surface area (Å²) in [6.07, 6.45) is 0. The van der Waals surface area contributed by atoms with E-state index in [-0.39, 0.29) is 18.1 Å². The van der Waals surface area contributed by atoms with E-state index in [1.54, 1.807) is 0 Å². The number of ether oxygens (including phenoxy) is 2. The predicted octanol–water partition coefficient (Wildman–Crippen LogP) is 4.81. The highest BCUT2D eigenvalue weighted by atomic mass is 16.5. The Bertz CT molecular complexity index is 830. The number of likely N-dealkylation sites (N-methyl/N-ethyl adjacent to an activating group) is 1. The van der Waals surface area contributed by atoms with E-state index in [0.717, 1.165) is 40.3 Å². The van der Waals surface area contributed by atoms with Crippen LogP contribution < -0.4 is 9.47 Å². The van der Waals surface area contributed by atoms with Crippen molar-refractivity contribution in [1.82, 2.24) is 4.90 Å². The summed E-state index contributed by atoms with van der Waals surface area (Å²) in [7, 11) is 2.01. The molecule has 1 heterocycles. The molecule has 1 atom stereocenters. The Morgan fingerprint density at radius 3 is 2.39 bits per heavy atom. The first-order chi connectivity index (χ1) is 13.3. The molecule has 1 aliphatic heterocycles. The Kier molecular flexibility index (Phi) is 6.01. The van der Waals surface area contributed by atoms with Crippen LogP contribution in [0.1, 0.15) is 47.6 Å². The Labute approximate surface area is 169 Å². The topological polar surface area (TPSA) is 41.6 Å². The van der Waals surface area contributed by atoms with Crippen molar-refractivity contribution in [3.8, 4) is 11.5 Å². The molecule has 4 nitrogen and oxygen atoms in total. The highest BCUT2D eigenvalue weighted by molar-refractivity contribution is 5.62. The Morgan fingerprint density at radius 2 is 1.75 bits per heavy atom. The van der Waals surface area contributed by atoms with Crippen LogP contribution >= 0.6 is 0 Å². The van der Waals surface area contributed by atoms with E-state index < -0.39 is 0 Å². The maximum absolute atomic E-state index is 11.1. The summed E-state index contributed by atoms with van der Waals surface area (Å²) in [5.74, 6) is 2.14. The van der Waals surface area contributed by atoms with Gasteiger partial charge in [0.1, 0.15) is 23.7 Å². The van der Waals surface area contributed by atoms with Gasteiger partial charge in [0.05, 0.1) is 6.61 Å². The van der Waals surface area contributed by atoms with Crippen LogP contribution in [-0.4, -0.2) is 37.2 Å². The third-order valence-corrected chi connectivity index (χ3v) is 5.98. The first kappa shape index (κ1) is 20.7. The lowest BCUT2D eigenvalue weighted by Gasteiger charge is -2.30. The Morgan fingerprint density at radius 1 is 1.07 bits per heavy atom. The molecule has 0 N–H and O–H groups in total. The van der Waals surface area contributed by atoms with Crippen molar-refractivity contribution in [3.63, 3.8) is 0 Å². The number of nitrogens with zero attached hydrogens (tertiary/aromatic N) is 1. The predicted molar refractivity (Wildman–Crippen MR) is 112 cm³/mol. The Balaban J connectivity index is 1.98. The first-order valence-corrected chi connectivity index (χ1v) is 10.0. The molecule has 0 amide bonds. The van der Waals surface area contributed by atoms with Crippen LogP contribution in [0.25, 0.3) is 0 Å². The van der Waals surface area contributed by atoms with Gasteiger partial charge in [0, 0.05) is 24.6 Å². The summed E-state index contributed by atoms with van der Waals surface area (Å²) in [6, 6.07) is 10.2. The molecular formula is C24H32NO3. The minimum absolute atomic E-state index is 0.0886. The zero-order valence-corrected chi connectivity index (χ0v) is 18.0. The molecule has 0 saturated heterocycles. The van der Waals surface area contributed by atoms with Gasteiger partial charge in [-0.1, -0.05) is 30.3 Å². The van der Waals surface area contributed by atoms with Gasteiger partial charge in [0.2, 0.25) is 0 Å². The molecule has 1 radical (unpaired) electrons. The molecule has 0 aliphatic carbocycles. The first-order valence-electron chi connectivity index (χ1n) is 10.0. The van der Waals surface area contributed by atoms with Gasteiger partial charge >= 0.3 is 0 Å². The zero-order valence-electron chi connectivity index (χ0n) is 18.0. The van der Waals surface area contributed by atoms with Gasteiger partial charge in [-0.3, -0.25) is 0 Å². The van der Waals surface area contributed by atoms with Gasteiger partial charge in [-0.2, -0.15) is 0 Å². The Hall–Kier alpha value is -2.04. The van der Waals surface area contributed by atoms with E-state index in [4.69, 9.17) is 9.47 Å². The number of benzene rings is 2. The summed E-state index contributed by atoms with van der Waals surface area (Å²) in [6.45, 7) is 12.4. The molecule has 3 rings (SSSR count). The lowest BCUT2D eigenvalue weighted by molar-refractivity contribution is 0.0848. The van der Waals surface area contributed by atoms with Crippen LogP contribution in [0.5, 0.6) is 11.5 Å². The molecule has 2 aromatic carbocycles. The van der Waals surface area contributed by atoms with Crippen LogP contribution in [0.4, 0.5) is 0 Å². The highest BCUT2D eigenvalue weighted by Crippen LogP contribution is 2.51. The molecular weight excluding hydrogens is 350 g/mol. The summed E-state index contributed by atoms with van der Waals surface area (Å²) < 4.78 is 12.7. The van der Waals surface area contributed by atoms with Gasteiger partial charge in [-0.05, 0) is 63.9 Å². The summed E-state index contributed by atoms with van der Waals surface area (Å²) in [5.41, 5.74) is 5.50. The summed E-state index contributed by atoms with van der Waals surface area (Å²) in [5, 5.41) is 11.1. The van der Waals surface area contributed by atoms with E-state index in [1.807, 2.05) is 25.2 Å². The average molecular weight is 383 g/mol. The van der Waals surface area contributed by atoms with E-state index >= 15 is 0 Å². The van der Waals surface area contributed by atoms with Gasteiger partial charge < -0.3 is 14.4 Å². The van der Waals surface area contributed by atoms with E-state index in [2.05, 4.69) is 51.7 Å². The van der Waals surface area contributed by atoms with Crippen molar-refractivity contribution in [2.45, 2.75) is 52.7 Å². The number of hydrogen-bond donors (Lipinski definition) is 0. The third kappa shape index (κ3) is 3.89. The van der Waals surface area contributed by atoms with Crippen LogP contribution in [0.3, 0.4) is 0 Å². The van der Waals surface area contributed by atoms with Crippen molar-refractivity contribution in [1.29, 1.82) is 0 Å². The second-order valence-corrected chi connectivity index (χ2v) is 8.45. The maximum atomic E-state index is 11.1. The van der Waals surface area contributed by atoms with Crippen molar-refractivity contribution < 1.29 is 14.6 Å². The van der Waals surface area contributed by atoms with Crippen LogP contribution in [0.15, 0.2) is 30.3 Å². The second kappa shape index (κ2) is 8.14. The van der Waals surface area contributed by atoms with Crippen LogP contribution in [0, 0.1) is 20.8 Å².